The number of amides is 1. The monoisotopic (exact) mass is 477 g/mol. The van der Waals surface area contributed by atoms with Crippen molar-refractivity contribution >= 4 is 27.8 Å². The number of carbonyl (C=O) groups is 2. The summed E-state index contributed by atoms with van der Waals surface area (Å²) < 4.78 is 21.8. The minimum atomic E-state index is -0.536. The van der Waals surface area contributed by atoms with E-state index < -0.39 is 11.5 Å². The number of ether oxygens (including phenoxy) is 4. The molecule has 1 aliphatic heterocycles. The van der Waals surface area contributed by atoms with Crippen LogP contribution in [-0.2, 0) is 19.8 Å². The highest BCUT2D eigenvalue weighted by Crippen LogP contribution is 2.34. The van der Waals surface area contributed by atoms with Crippen molar-refractivity contribution in [3.8, 4) is 11.5 Å². The van der Waals surface area contributed by atoms with Crippen molar-refractivity contribution in [3.63, 3.8) is 0 Å². The average Bonchev–Trinajstić information content (AvgIpc) is 2.77. The van der Waals surface area contributed by atoms with E-state index in [2.05, 4.69) is 26.0 Å². The van der Waals surface area contributed by atoms with Gasteiger partial charge in [0.1, 0.15) is 0 Å². The number of hydrogen-bond acceptors (Lipinski definition) is 6. The first-order valence-corrected chi connectivity index (χ1v) is 10.3. The second kappa shape index (κ2) is 9.95. The van der Waals surface area contributed by atoms with Crippen molar-refractivity contribution in [1.82, 2.24) is 5.32 Å². The van der Waals surface area contributed by atoms with Crippen LogP contribution in [0.15, 0.2) is 46.9 Å². The highest BCUT2D eigenvalue weighted by Gasteiger charge is 2.36. The van der Waals surface area contributed by atoms with Crippen LogP contribution in [0.4, 0.5) is 0 Å². The molecule has 2 aromatic carbocycles. The van der Waals surface area contributed by atoms with Gasteiger partial charge in [0.25, 0.3) is 5.91 Å². The largest absolute Gasteiger partial charge is 0.493 e. The van der Waals surface area contributed by atoms with E-state index in [1.807, 2.05) is 24.3 Å². The third-order valence-corrected chi connectivity index (χ3v) is 5.57. The maximum atomic E-state index is 13.2. The van der Waals surface area contributed by atoms with E-state index in [-0.39, 0.29) is 12.5 Å². The Labute approximate surface area is 183 Å². The zero-order valence-corrected chi connectivity index (χ0v) is 18.5. The van der Waals surface area contributed by atoms with Gasteiger partial charge >= 0.3 is 5.97 Å². The van der Waals surface area contributed by atoms with E-state index in [9.17, 15) is 9.59 Å². The predicted octanol–water partition coefficient (Wildman–Crippen LogP) is 3.45. The van der Waals surface area contributed by atoms with Crippen molar-refractivity contribution in [1.29, 1.82) is 0 Å². The molecule has 0 unspecified atom stereocenters. The van der Waals surface area contributed by atoms with Gasteiger partial charge in [-0.3, -0.25) is 4.79 Å². The molecule has 1 aliphatic rings. The minimum Gasteiger partial charge on any atom is -0.493 e. The molecule has 1 fully saturated rings. The van der Waals surface area contributed by atoms with Crippen LogP contribution in [0.1, 0.15) is 28.8 Å². The van der Waals surface area contributed by atoms with E-state index in [1.165, 1.54) is 14.2 Å². The molecule has 0 spiro atoms. The first-order valence-electron chi connectivity index (χ1n) is 9.51. The van der Waals surface area contributed by atoms with Crippen molar-refractivity contribution < 1.29 is 28.5 Å². The van der Waals surface area contributed by atoms with Gasteiger partial charge in [0.05, 0.1) is 19.8 Å². The summed E-state index contributed by atoms with van der Waals surface area (Å²) in [7, 11) is 2.77. The van der Waals surface area contributed by atoms with Gasteiger partial charge in [-0.25, -0.2) is 4.79 Å². The van der Waals surface area contributed by atoms with Crippen LogP contribution in [0.25, 0.3) is 0 Å². The fourth-order valence-electron chi connectivity index (χ4n) is 3.41. The van der Waals surface area contributed by atoms with Crippen LogP contribution in [-0.4, -0.2) is 45.9 Å². The molecule has 0 bridgehead atoms. The first kappa shape index (κ1) is 22.1. The Morgan fingerprint density at radius 3 is 2.53 bits per heavy atom. The Morgan fingerprint density at radius 2 is 1.87 bits per heavy atom. The molecule has 1 heterocycles. The standard InChI is InChI=1S/C22H24BrNO6/c1-27-18-7-6-15(12-19(18)30-14-20(25)28-2)21(26)24-22(8-10-29-11-9-22)16-4-3-5-17(23)13-16/h3-7,12-13H,8-11,14H2,1-2H3,(H,24,26). The zero-order valence-electron chi connectivity index (χ0n) is 16.9. The molecule has 0 saturated carbocycles. The van der Waals surface area contributed by atoms with Gasteiger partial charge in [0.15, 0.2) is 18.1 Å². The van der Waals surface area contributed by atoms with Crippen LogP contribution in [0.3, 0.4) is 0 Å². The van der Waals surface area contributed by atoms with Gasteiger partial charge in [-0.1, -0.05) is 28.1 Å². The van der Waals surface area contributed by atoms with Gasteiger partial charge in [-0.2, -0.15) is 0 Å². The summed E-state index contributed by atoms with van der Waals surface area (Å²) >= 11 is 3.51. The Hall–Kier alpha value is -2.58. The van der Waals surface area contributed by atoms with E-state index in [4.69, 9.17) is 14.2 Å². The molecular weight excluding hydrogens is 454 g/mol. The fourth-order valence-corrected chi connectivity index (χ4v) is 3.81. The summed E-state index contributed by atoms with van der Waals surface area (Å²) in [6.45, 7) is 0.836. The fraction of sp³-hybridized carbons (Fsp3) is 0.364. The molecule has 0 aromatic heterocycles. The molecular formula is C22H24BrNO6. The average molecular weight is 478 g/mol. The molecule has 7 nitrogen and oxygen atoms in total. The molecule has 1 saturated heterocycles. The number of rotatable bonds is 7. The van der Waals surface area contributed by atoms with Gasteiger partial charge in [0, 0.05) is 23.2 Å². The molecule has 0 radical (unpaired) electrons. The molecule has 0 atom stereocenters. The lowest BCUT2D eigenvalue weighted by Crippen LogP contribution is -2.49. The van der Waals surface area contributed by atoms with Crippen molar-refractivity contribution in [2.75, 3.05) is 34.0 Å². The third-order valence-electron chi connectivity index (χ3n) is 5.08. The van der Waals surface area contributed by atoms with E-state index in [0.717, 1.165) is 10.0 Å². The van der Waals surface area contributed by atoms with Gasteiger partial charge < -0.3 is 24.3 Å². The third kappa shape index (κ3) is 5.12. The number of benzene rings is 2. The van der Waals surface area contributed by atoms with E-state index in [1.54, 1.807) is 18.2 Å². The maximum absolute atomic E-state index is 13.2. The predicted molar refractivity (Wildman–Crippen MR) is 114 cm³/mol. The quantitative estimate of drug-likeness (QED) is 0.614. The maximum Gasteiger partial charge on any atom is 0.343 e. The Kier molecular flexibility index (Phi) is 7.33. The Morgan fingerprint density at radius 1 is 1.10 bits per heavy atom. The van der Waals surface area contributed by atoms with Gasteiger partial charge in [-0.05, 0) is 48.7 Å². The van der Waals surface area contributed by atoms with E-state index >= 15 is 0 Å². The zero-order chi connectivity index (χ0) is 21.6. The van der Waals surface area contributed by atoms with Crippen LogP contribution < -0.4 is 14.8 Å². The summed E-state index contributed by atoms with van der Waals surface area (Å²) in [5.41, 5.74) is 0.882. The minimum absolute atomic E-state index is 0.248. The highest BCUT2D eigenvalue weighted by atomic mass is 79.9. The van der Waals surface area contributed by atoms with Crippen molar-refractivity contribution in [2.24, 2.45) is 0 Å². The van der Waals surface area contributed by atoms with Crippen molar-refractivity contribution in [2.45, 2.75) is 18.4 Å². The van der Waals surface area contributed by atoms with Crippen LogP contribution in [0, 0.1) is 0 Å². The first-order chi connectivity index (χ1) is 14.5. The normalized spacial score (nSPS) is 15.2. The van der Waals surface area contributed by atoms with Gasteiger partial charge in [-0.15, -0.1) is 0 Å². The molecule has 0 aliphatic carbocycles. The van der Waals surface area contributed by atoms with Crippen LogP contribution >= 0.6 is 15.9 Å². The van der Waals surface area contributed by atoms with Crippen LogP contribution in [0.5, 0.6) is 11.5 Å². The lowest BCUT2D eigenvalue weighted by Gasteiger charge is -2.38. The SMILES string of the molecule is COC(=O)COc1cc(C(=O)NC2(c3cccc(Br)c3)CCOCC2)ccc1OC. The smallest absolute Gasteiger partial charge is 0.343 e. The number of carbonyl (C=O) groups excluding carboxylic acids is 2. The number of hydrogen-bond donors (Lipinski definition) is 1. The number of nitrogens with one attached hydrogen (secondary N) is 1. The Balaban J connectivity index is 1.86. The van der Waals surface area contributed by atoms with Gasteiger partial charge in [0.2, 0.25) is 0 Å². The topological polar surface area (TPSA) is 83.1 Å². The second-order valence-electron chi connectivity index (χ2n) is 6.89. The summed E-state index contributed by atoms with van der Waals surface area (Å²) in [5.74, 6) is -0.0626. The molecule has 8 heteroatoms. The second-order valence-corrected chi connectivity index (χ2v) is 7.81. The molecule has 30 heavy (non-hydrogen) atoms. The summed E-state index contributed by atoms with van der Waals surface area (Å²) in [6.07, 6.45) is 1.33. The summed E-state index contributed by atoms with van der Waals surface area (Å²) in [6, 6.07) is 12.8. The number of halogens is 1. The lowest BCUT2D eigenvalue weighted by atomic mass is 9.82. The number of methoxy groups -OCH3 is 2. The summed E-state index contributed by atoms with van der Waals surface area (Å²) in [5, 5.41) is 3.21. The molecule has 1 amide bonds. The van der Waals surface area contributed by atoms with E-state index in [0.29, 0.717) is 43.1 Å². The Bertz CT molecular complexity index is 910. The summed E-state index contributed by atoms with van der Waals surface area (Å²) in [4.78, 5) is 24.6. The molecule has 1 N–H and O–H groups in total. The molecule has 160 valence electrons. The number of esters is 1. The molecule has 2 aromatic rings. The van der Waals surface area contributed by atoms with Crippen molar-refractivity contribution in [3.05, 3.63) is 58.1 Å². The van der Waals surface area contributed by atoms with Crippen LogP contribution in [0.2, 0.25) is 0 Å². The lowest BCUT2D eigenvalue weighted by molar-refractivity contribution is -0.142. The highest BCUT2D eigenvalue weighted by molar-refractivity contribution is 9.10. The molecule has 3 rings (SSSR count).